The lowest BCUT2D eigenvalue weighted by molar-refractivity contribution is 0.0993. The number of piperidine rings is 1. The largest absolute Gasteiger partial charge is 0.311 e. The van der Waals surface area contributed by atoms with Crippen LogP contribution >= 0.6 is 0 Å². The molecule has 1 N–H and O–H groups in total. The number of hydrogen-bond acceptors (Lipinski definition) is 3. The molecule has 3 aromatic rings. The van der Waals surface area contributed by atoms with Crippen molar-refractivity contribution in [3.63, 3.8) is 0 Å². The van der Waals surface area contributed by atoms with Gasteiger partial charge in [0.15, 0.2) is 5.78 Å². The Bertz CT molecular complexity index is 1030. The summed E-state index contributed by atoms with van der Waals surface area (Å²) in [5.41, 5.74) is 5.58. The Labute approximate surface area is 191 Å². The molecule has 2 atom stereocenters. The third kappa shape index (κ3) is 5.01. The van der Waals surface area contributed by atoms with Gasteiger partial charge in [0.1, 0.15) is 0 Å². The van der Waals surface area contributed by atoms with Gasteiger partial charge in [0, 0.05) is 30.0 Å². The topological polar surface area (TPSA) is 32.3 Å². The molecule has 2 unspecified atom stereocenters. The molecule has 2 aliphatic rings. The van der Waals surface area contributed by atoms with E-state index in [4.69, 9.17) is 0 Å². The lowest BCUT2D eigenvalue weighted by Crippen LogP contribution is -2.41. The van der Waals surface area contributed by atoms with Crippen molar-refractivity contribution in [1.29, 1.82) is 0 Å². The van der Waals surface area contributed by atoms with E-state index >= 15 is 0 Å². The average Bonchev–Trinajstić information content (AvgIpc) is 3.61. The van der Waals surface area contributed by atoms with Crippen LogP contribution in [-0.4, -0.2) is 42.9 Å². The second-order valence-electron chi connectivity index (χ2n) is 9.48. The lowest BCUT2D eigenvalue weighted by Gasteiger charge is -2.29. The molecule has 164 valence electrons. The zero-order valence-electron chi connectivity index (χ0n) is 18.8. The third-order valence-electron chi connectivity index (χ3n) is 7.05. The molecule has 1 heterocycles. The standard InChI is InChI=1S/C29H32N2O/c1-31-17-15-26(16-18-31)30-28-20-27(28)24-9-7-21(8-10-24)19-29(32)25-13-11-23(12-14-25)22-5-3-2-4-6-22/h2-14,26-28,30H,15-20H2,1H3. The molecule has 3 nitrogen and oxygen atoms in total. The van der Waals surface area contributed by atoms with Crippen LogP contribution in [0, 0.1) is 0 Å². The quantitative estimate of drug-likeness (QED) is 0.521. The van der Waals surface area contributed by atoms with Crippen molar-refractivity contribution in [1.82, 2.24) is 10.2 Å². The maximum atomic E-state index is 12.8. The highest BCUT2D eigenvalue weighted by molar-refractivity contribution is 5.97. The lowest BCUT2D eigenvalue weighted by atomic mass is 9.98. The molecule has 0 aromatic heterocycles. The number of hydrogen-bond donors (Lipinski definition) is 1. The second-order valence-corrected chi connectivity index (χ2v) is 9.48. The van der Waals surface area contributed by atoms with Crippen molar-refractivity contribution < 1.29 is 4.79 Å². The minimum absolute atomic E-state index is 0.172. The number of nitrogens with zero attached hydrogens (tertiary/aromatic N) is 1. The normalized spacial score (nSPS) is 21.4. The monoisotopic (exact) mass is 424 g/mol. The molecule has 0 bridgehead atoms. The molecule has 0 amide bonds. The molecule has 1 aliphatic heterocycles. The van der Waals surface area contributed by atoms with E-state index < -0.39 is 0 Å². The van der Waals surface area contributed by atoms with Crippen molar-refractivity contribution in [2.24, 2.45) is 0 Å². The molecule has 3 aromatic carbocycles. The molecule has 2 fully saturated rings. The molecular formula is C29H32N2O. The first-order valence-electron chi connectivity index (χ1n) is 11.9. The first-order chi connectivity index (χ1) is 15.7. The van der Waals surface area contributed by atoms with Gasteiger partial charge in [0.2, 0.25) is 0 Å². The van der Waals surface area contributed by atoms with Crippen molar-refractivity contribution in [2.45, 2.75) is 43.7 Å². The molecule has 0 spiro atoms. The summed E-state index contributed by atoms with van der Waals surface area (Å²) in [7, 11) is 2.21. The number of rotatable bonds is 7. The summed E-state index contributed by atoms with van der Waals surface area (Å²) < 4.78 is 0. The van der Waals surface area contributed by atoms with E-state index in [1.165, 1.54) is 43.5 Å². The minimum Gasteiger partial charge on any atom is -0.311 e. The zero-order valence-corrected chi connectivity index (χ0v) is 18.8. The highest BCUT2D eigenvalue weighted by Gasteiger charge is 2.39. The van der Waals surface area contributed by atoms with E-state index in [0.29, 0.717) is 24.4 Å². The first-order valence-corrected chi connectivity index (χ1v) is 11.9. The highest BCUT2D eigenvalue weighted by atomic mass is 16.1. The van der Waals surface area contributed by atoms with Crippen LogP contribution < -0.4 is 5.32 Å². The Morgan fingerprint density at radius 2 is 1.53 bits per heavy atom. The van der Waals surface area contributed by atoms with Crippen LogP contribution in [0.4, 0.5) is 0 Å². The number of likely N-dealkylation sites (tertiary alicyclic amines) is 1. The van der Waals surface area contributed by atoms with Crippen LogP contribution in [0.3, 0.4) is 0 Å². The summed E-state index contributed by atoms with van der Waals surface area (Å²) in [4.78, 5) is 15.2. The average molecular weight is 425 g/mol. The van der Waals surface area contributed by atoms with Crippen LogP contribution in [0.15, 0.2) is 78.9 Å². The number of carbonyl (C=O) groups is 1. The summed E-state index contributed by atoms with van der Waals surface area (Å²) in [6, 6.07) is 28.2. The molecule has 1 saturated carbocycles. The molecule has 5 rings (SSSR count). The highest BCUT2D eigenvalue weighted by Crippen LogP contribution is 2.41. The van der Waals surface area contributed by atoms with Gasteiger partial charge in [-0.25, -0.2) is 0 Å². The summed E-state index contributed by atoms with van der Waals surface area (Å²) >= 11 is 0. The number of benzene rings is 3. The molecule has 1 aliphatic carbocycles. The third-order valence-corrected chi connectivity index (χ3v) is 7.05. The van der Waals surface area contributed by atoms with Gasteiger partial charge in [0.05, 0.1) is 0 Å². The van der Waals surface area contributed by atoms with Gasteiger partial charge < -0.3 is 10.2 Å². The Morgan fingerprint density at radius 3 is 2.22 bits per heavy atom. The van der Waals surface area contributed by atoms with Crippen molar-refractivity contribution >= 4 is 5.78 Å². The van der Waals surface area contributed by atoms with Gasteiger partial charge in [-0.3, -0.25) is 4.79 Å². The Balaban J connectivity index is 1.14. The SMILES string of the molecule is CN1CCC(NC2CC2c2ccc(CC(=O)c3ccc(-c4ccccc4)cc3)cc2)CC1. The summed E-state index contributed by atoms with van der Waals surface area (Å²) in [6.45, 7) is 2.40. The summed E-state index contributed by atoms with van der Waals surface area (Å²) in [5.74, 6) is 0.801. The second kappa shape index (κ2) is 9.40. The fourth-order valence-corrected chi connectivity index (χ4v) is 4.87. The van der Waals surface area contributed by atoms with Gasteiger partial charge in [-0.15, -0.1) is 0 Å². The number of ketones is 1. The van der Waals surface area contributed by atoms with Gasteiger partial charge in [-0.2, -0.15) is 0 Å². The predicted octanol–water partition coefficient (Wildman–Crippen LogP) is 5.32. The molecule has 0 radical (unpaired) electrons. The van der Waals surface area contributed by atoms with Crippen LogP contribution in [0.1, 0.15) is 46.7 Å². The van der Waals surface area contributed by atoms with E-state index in [1.807, 2.05) is 42.5 Å². The maximum Gasteiger partial charge on any atom is 0.167 e. The van der Waals surface area contributed by atoms with Crippen LogP contribution in [0.5, 0.6) is 0 Å². The van der Waals surface area contributed by atoms with Crippen LogP contribution in [0.2, 0.25) is 0 Å². The Kier molecular flexibility index (Phi) is 6.20. The maximum absolute atomic E-state index is 12.8. The van der Waals surface area contributed by atoms with E-state index in [-0.39, 0.29) is 5.78 Å². The van der Waals surface area contributed by atoms with Gasteiger partial charge >= 0.3 is 0 Å². The molecule has 32 heavy (non-hydrogen) atoms. The summed E-state index contributed by atoms with van der Waals surface area (Å²) in [6.07, 6.45) is 4.20. The van der Waals surface area contributed by atoms with E-state index in [0.717, 1.165) is 16.7 Å². The number of nitrogens with one attached hydrogen (secondary N) is 1. The van der Waals surface area contributed by atoms with Gasteiger partial charge in [0.25, 0.3) is 0 Å². The molecular weight excluding hydrogens is 392 g/mol. The Hall–Kier alpha value is -2.75. The summed E-state index contributed by atoms with van der Waals surface area (Å²) in [5, 5.41) is 3.87. The van der Waals surface area contributed by atoms with E-state index in [9.17, 15) is 4.79 Å². The molecule has 1 saturated heterocycles. The smallest absolute Gasteiger partial charge is 0.167 e. The van der Waals surface area contributed by atoms with Gasteiger partial charge in [-0.1, -0.05) is 78.9 Å². The van der Waals surface area contributed by atoms with Crippen molar-refractivity contribution in [2.75, 3.05) is 20.1 Å². The Morgan fingerprint density at radius 1 is 0.875 bits per heavy atom. The fraction of sp³-hybridized carbons (Fsp3) is 0.345. The first kappa shape index (κ1) is 21.1. The van der Waals surface area contributed by atoms with Gasteiger partial charge in [-0.05, 0) is 61.7 Å². The fourth-order valence-electron chi connectivity index (χ4n) is 4.87. The number of Topliss-reactive ketones (excluding diaryl/α,β-unsaturated/α-hetero) is 1. The van der Waals surface area contributed by atoms with E-state index in [1.54, 1.807) is 0 Å². The zero-order chi connectivity index (χ0) is 21.9. The number of carbonyl (C=O) groups excluding carboxylic acids is 1. The van der Waals surface area contributed by atoms with Crippen molar-refractivity contribution in [3.05, 3.63) is 95.6 Å². The van der Waals surface area contributed by atoms with E-state index in [2.05, 4.69) is 53.7 Å². The van der Waals surface area contributed by atoms with Crippen LogP contribution in [-0.2, 0) is 6.42 Å². The van der Waals surface area contributed by atoms with Crippen LogP contribution in [0.25, 0.3) is 11.1 Å². The predicted molar refractivity (Wildman–Crippen MR) is 131 cm³/mol. The minimum atomic E-state index is 0.172. The van der Waals surface area contributed by atoms with Crippen molar-refractivity contribution in [3.8, 4) is 11.1 Å². The molecule has 3 heteroatoms.